The zero-order chi connectivity index (χ0) is 46.3. The molecule has 5 aliphatic carbocycles. The molecular weight excluding hydrogens is 836 g/mol. The van der Waals surface area contributed by atoms with Crippen molar-refractivity contribution in [3.8, 4) is 0 Å². The summed E-state index contributed by atoms with van der Waals surface area (Å²) in [6.45, 7) is 14.7. The lowest BCUT2D eigenvalue weighted by Crippen LogP contribution is -2.73. The number of aliphatic hydroxyl groups excluding tert-OH is 10. The average molecular weight is 913 g/mol. The van der Waals surface area contributed by atoms with Crippen LogP contribution in [-0.4, -0.2) is 181 Å². The molecule has 0 unspecified atom stereocenters. The van der Waals surface area contributed by atoms with E-state index in [0.717, 1.165) is 32.1 Å². The second-order valence-electron chi connectivity index (χ2n) is 22.7. The van der Waals surface area contributed by atoms with Crippen molar-refractivity contribution in [3.05, 3.63) is 12.2 Å². The Labute approximate surface area is 376 Å². The molecular formula is C47H76O17. The van der Waals surface area contributed by atoms with E-state index in [9.17, 15) is 51.1 Å². The largest absolute Gasteiger partial charge is 0.396 e. The van der Waals surface area contributed by atoms with Gasteiger partial charge in [-0.1, -0.05) is 53.7 Å². The molecule has 8 fully saturated rings. The summed E-state index contributed by atoms with van der Waals surface area (Å²) in [5.41, 5.74) is -2.46. The molecule has 4 aliphatic heterocycles. The number of hydrogen-bond acceptors (Lipinski definition) is 17. The molecule has 64 heavy (non-hydrogen) atoms. The lowest BCUT2D eigenvalue weighted by atomic mass is 9.31. The van der Waals surface area contributed by atoms with E-state index in [1.807, 2.05) is 6.92 Å². The van der Waals surface area contributed by atoms with Crippen LogP contribution in [0.1, 0.15) is 93.4 Å². The number of fused-ring (bicyclic) bond motifs is 4. The van der Waals surface area contributed by atoms with Crippen LogP contribution in [0, 0.1) is 56.7 Å². The molecule has 9 aliphatic rings. The van der Waals surface area contributed by atoms with Gasteiger partial charge in [-0.05, 0) is 86.4 Å². The number of hydrogen-bond donors (Lipinski definition) is 10. The van der Waals surface area contributed by atoms with Gasteiger partial charge in [0.25, 0.3) is 0 Å². The van der Waals surface area contributed by atoms with Crippen molar-refractivity contribution in [1.29, 1.82) is 0 Å². The Morgan fingerprint density at radius 3 is 2.06 bits per heavy atom. The Bertz CT molecular complexity index is 1740. The van der Waals surface area contributed by atoms with Gasteiger partial charge in [0.1, 0.15) is 61.0 Å². The predicted octanol–water partition coefficient (Wildman–Crippen LogP) is 0.0961. The monoisotopic (exact) mass is 913 g/mol. The van der Waals surface area contributed by atoms with Crippen molar-refractivity contribution in [1.82, 2.24) is 0 Å². The van der Waals surface area contributed by atoms with Crippen LogP contribution in [0.3, 0.4) is 0 Å². The highest BCUT2D eigenvalue weighted by Crippen LogP contribution is 2.79. The highest BCUT2D eigenvalue weighted by atomic mass is 16.8. The van der Waals surface area contributed by atoms with E-state index >= 15 is 0 Å². The summed E-state index contributed by atoms with van der Waals surface area (Å²) in [6.07, 6.45) is -12.4. The van der Waals surface area contributed by atoms with Gasteiger partial charge in [-0.2, -0.15) is 0 Å². The van der Waals surface area contributed by atoms with Gasteiger partial charge in [0.15, 0.2) is 18.9 Å². The number of ether oxygens (including phenoxy) is 7. The fraction of sp³-hybridized carbons (Fsp3) is 0.957. The fourth-order valence-corrected chi connectivity index (χ4v) is 15.8. The summed E-state index contributed by atoms with van der Waals surface area (Å²) in [7, 11) is 0. The molecule has 4 saturated heterocycles. The molecule has 17 nitrogen and oxygen atoms in total. The molecule has 366 valence electrons. The Hall–Kier alpha value is -0.940. The highest BCUT2D eigenvalue weighted by Gasteiger charge is 2.79. The van der Waals surface area contributed by atoms with Crippen molar-refractivity contribution in [2.24, 2.45) is 56.7 Å². The summed E-state index contributed by atoms with van der Waals surface area (Å²) in [4.78, 5) is 0. The molecule has 0 aromatic carbocycles. The van der Waals surface area contributed by atoms with E-state index in [4.69, 9.17) is 33.2 Å². The first-order valence-corrected chi connectivity index (χ1v) is 24.0. The second-order valence-corrected chi connectivity index (χ2v) is 22.7. The van der Waals surface area contributed by atoms with Gasteiger partial charge in [0.05, 0.1) is 50.3 Å². The number of allylic oxidation sites excluding steroid dienone is 1. The van der Waals surface area contributed by atoms with Gasteiger partial charge < -0.3 is 84.2 Å². The molecule has 17 heteroatoms. The minimum atomic E-state index is -1.81. The minimum Gasteiger partial charge on any atom is -0.396 e. The molecule has 4 saturated carbocycles. The summed E-state index contributed by atoms with van der Waals surface area (Å²) >= 11 is 0. The first-order chi connectivity index (χ1) is 30.1. The van der Waals surface area contributed by atoms with Crippen LogP contribution in [0.25, 0.3) is 0 Å². The molecule has 10 N–H and O–H groups in total. The van der Waals surface area contributed by atoms with E-state index in [1.165, 1.54) is 0 Å². The maximum atomic E-state index is 12.3. The van der Waals surface area contributed by atoms with Crippen LogP contribution in [0.2, 0.25) is 0 Å². The van der Waals surface area contributed by atoms with E-state index in [1.54, 1.807) is 6.92 Å². The lowest BCUT2D eigenvalue weighted by Gasteiger charge is -2.73. The number of rotatable bonds is 8. The van der Waals surface area contributed by atoms with E-state index in [0.29, 0.717) is 31.3 Å². The molecule has 0 aromatic heterocycles. The summed E-state index contributed by atoms with van der Waals surface area (Å²) < 4.78 is 43.8. The molecule has 9 rings (SSSR count). The van der Waals surface area contributed by atoms with Crippen LogP contribution >= 0.6 is 0 Å². The topological polar surface area (TPSA) is 267 Å². The fourth-order valence-electron chi connectivity index (χ4n) is 15.8. The molecule has 2 bridgehead atoms. The smallest absolute Gasteiger partial charge is 0.187 e. The molecule has 0 radical (unpaired) electrons. The Kier molecular flexibility index (Phi) is 12.5. The molecule has 4 heterocycles. The van der Waals surface area contributed by atoms with Crippen LogP contribution in [0.5, 0.6) is 0 Å². The van der Waals surface area contributed by atoms with Crippen LogP contribution in [0.15, 0.2) is 12.2 Å². The van der Waals surface area contributed by atoms with Crippen molar-refractivity contribution in [2.45, 2.75) is 197 Å². The average Bonchev–Trinajstić information content (AvgIpc) is 3.57. The Balaban J connectivity index is 0.992. The van der Waals surface area contributed by atoms with Crippen molar-refractivity contribution < 1.29 is 84.2 Å². The first-order valence-electron chi connectivity index (χ1n) is 24.0. The third-order valence-electron chi connectivity index (χ3n) is 20.0. The maximum absolute atomic E-state index is 12.3. The van der Waals surface area contributed by atoms with Crippen LogP contribution in [-0.2, 0) is 33.2 Å². The second kappa shape index (κ2) is 16.6. The van der Waals surface area contributed by atoms with E-state index in [-0.39, 0.29) is 46.0 Å². The van der Waals surface area contributed by atoms with Gasteiger partial charge in [0, 0.05) is 22.2 Å². The third kappa shape index (κ3) is 6.57. The normalized spacial score (nSPS) is 60.5. The summed E-state index contributed by atoms with van der Waals surface area (Å²) in [5.74, 6) is 1.19. The highest BCUT2D eigenvalue weighted by molar-refractivity contribution is 5.36. The van der Waals surface area contributed by atoms with Crippen LogP contribution in [0.4, 0.5) is 0 Å². The van der Waals surface area contributed by atoms with Crippen molar-refractivity contribution in [3.63, 3.8) is 0 Å². The Morgan fingerprint density at radius 2 is 1.38 bits per heavy atom. The summed E-state index contributed by atoms with van der Waals surface area (Å²) in [5, 5.41) is 110. The van der Waals surface area contributed by atoms with Gasteiger partial charge >= 0.3 is 0 Å². The van der Waals surface area contributed by atoms with E-state index in [2.05, 4.69) is 46.8 Å². The lowest BCUT2D eigenvalue weighted by molar-refractivity contribution is -0.394. The van der Waals surface area contributed by atoms with Crippen molar-refractivity contribution >= 4 is 0 Å². The molecule has 0 amide bonds. The van der Waals surface area contributed by atoms with Gasteiger partial charge in [0.2, 0.25) is 0 Å². The van der Waals surface area contributed by atoms with Crippen LogP contribution < -0.4 is 0 Å². The Morgan fingerprint density at radius 1 is 0.703 bits per heavy atom. The van der Waals surface area contributed by atoms with Crippen molar-refractivity contribution in [2.75, 3.05) is 26.4 Å². The van der Waals surface area contributed by atoms with Gasteiger partial charge in [-0.25, -0.2) is 0 Å². The summed E-state index contributed by atoms with van der Waals surface area (Å²) in [6, 6.07) is 0. The standard InChI is InChI=1S/C47H76O17/c1-21-8-14-46-20-59-47(38(46)22(21)2)15-10-27-42(4)12-11-29(43(5,19-49)26(42)9-13-44(27,6)45(47,7)16-28(46)51)62-40-36(33(55)30(52)23(3)60-40)64-41-37(34(56)32(54)25(17-48)61-41)63-39-35(57)31(53)24(50)18-58-39/h10,15,21-41,48-57H,8-9,11-14,16-20H2,1-7H3/t21-,22+,23-,24-,25-,26+,27-,28-,29+,30+,31+,32-,33+,34+,35-,36-,37-,38+,39+,40+,41+,42+,43+,44-,45+,46+,47-/m1/s1. The molecule has 1 spiro atoms. The zero-order valence-electron chi connectivity index (χ0n) is 38.4. The molecule has 0 aromatic rings. The quantitative estimate of drug-likeness (QED) is 0.114. The van der Waals surface area contributed by atoms with Gasteiger partial charge in [-0.3, -0.25) is 0 Å². The third-order valence-corrected chi connectivity index (χ3v) is 20.0. The van der Waals surface area contributed by atoms with E-state index < -0.39 is 122 Å². The predicted molar refractivity (Wildman–Crippen MR) is 223 cm³/mol. The first kappa shape index (κ1) is 48.1. The zero-order valence-corrected chi connectivity index (χ0v) is 38.4. The maximum Gasteiger partial charge on any atom is 0.187 e. The van der Waals surface area contributed by atoms with Gasteiger partial charge in [-0.15, -0.1) is 0 Å². The molecule has 27 atom stereocenters. The SMILES string of the molecule is C[C@H]1[C@H](C)CC[C@]23CO[C@]4(C=C[C@@H]5[C@@]6(C)CC[C@H](O[C@@H]7O[C@H](C)[C@H](O)[C@H](O)[C@H]7O[C@@H]7O[C@H](CO)[C@@H](O)[C@H](O)[C@H]7O[C@@H]7OC[C@@H](O)[C@H](O)[C@H]7O)[C@@](C)(CO)[C@H]6CC[C@@]5(C)[C@]4(C)C[C@H]2O)[C@@H]13. The number of aliphatic hydroxyl groups is 10. The minimum absolute atomic E-state index is 0.0389.